The molecule has 5 aliphatic rings. The summed E-state index contributed by atoms with van der Waals surface area (Å²) in [6, 6.07) is 1.20. The number of carbonyl (C=O) groups is 4. The molecule has 4 amide bonds. The van der Waals surface area contributed by atoms with Crippen LogP contribution in [0.2, 0.25) is 5.02 Å². The van der Waals surface area contributed by atoms with Crippen LogP contribution in [0.1, 0.15) is 110 Å². The predicted octanol–water partition coefficient (Wildman–Crippen LogP) is 4.73. The maximum absolute atomic E-state index is 14.8. The Balaban J connectivity index is 1.27. The molecule has 2 aliphatic carbocycles. The fraction of sp³-hybridized carbons (Fsp3) is 0.634. The van der Waals surface area contributed by atoms with Gasteiger partial charge in [-0.1, -0.05) is 36.6 Å². The van der Waals surface area contributed by atoms with Gasteiger partial charge in [0.1, 0.15) is 46.0 Å². The highest BCUT2D eigenvalue weighted by molar-refractivity contribution is 7.91. The van der Waals surface area contributed by atoms with Crippen LogP contribution in [0.5, 0.6) is 11.5 Å². The third kappa shape index (κ3) is 7.83. The number of nitrogens with one attached hydrogen (secondary N) is 3. The lowest BCUT2D eigenvalue weighted by molar-refractivity contribution is -0.144. The number of allylic oxidation sites excluding steroid dienone is 1. The topological polar surface area (TPSA) is 203 Å². The van der Waals surface area contributed by atoms with Crippen molar-refractivity contribution in [3.05, 3.63) is 40.6 Å². The Morgan fingerprint density at radius 2 is 1.88 bits per heavy atom. The smallest absolute Gasteiger partial charge is 0.408 e. The summed E-state index contributed by atoms with van der Waals surface area (Å²) in [5.41, 5.74) is -2.07. The first-order chi connectivity index (χ1) is 27.3. The summed E-state index contributed by atoms with van der Waals surface area (Å²) in [5, 5.41) is 17.2. The van der Waals surface area contributed by atoms with Gasteiger partial charge in [-0.25, -0.2) is 18.2 Å². The number of aryl methyl sites for hydroxylation is 1. The molecule has 3 aliphatic heterocycles. The number of pyridine rings is 1. The summed E-state index contributed by atoms with van der Waals surface area (Å²) < 4.78 is 45.8. The van der Waals surface area contributed by atoms with E-state index in [0.29, 0.717) is 77.9 Å². The van der Waals surface area contributed by atoms with Crippen LogP contribution in [0.25, 0.3) is 10.9 Å². The van der Waals surface area contributed by atoms with E-state index in [1.807, 2.05) is 12.2 Å². The van der Waals surface area contributed by atoms with E-state index in [-0.39, 0.29) is 31.5 Å². The number of hydrogen-bond donors (Lipinski definition) is 4. The molecule has 17 heteroatoms. The van der Waals surface area contributed by atoms with E-state index in [4.69, 9.17) is 25.8 Å². The van der Waals surface area contributed by atoms with Gasteiger partial charge in [0.15, 0.2) is 0 Å². The Labute approximate surface area is 344 Å². The summed E-state index contributed by atoms with van der Waals surface area (Å²) >= 11 is 6.82. The van der Waals surface area contributed by atoms with Crippen LogP contribution in [-0.2, 0) is 42.2 Å². The van der Waals surface area contributed by atoms with Gasteiger partial charge >= 0.3 is 6.09 Å². The monoisotopic (exact) mass is 843 g/mol. The number of aliphatic hydroxyl groups excluding tert-OH is 1. The SMILES string of the molecule is COc1ccc2nc(CO)c3c(c2c1Cl)CCC1(CC2C(=O)NC4(C(=O)NS(=O)(=O)C5(C)CC5)CCC4C=CCCCCCC(NC(=O)OC(C)(C)C)C(=O)N2C1)O3. The maximum Gasteiger partial charge on any atom is 0.408 e. The van der Waals surface area contributed by atoms with E-state index in [9.17, 15) is 32.7 Å². The Hall–Kier alpha value is -4.15. The van der Waals surface area contributed by atoms with Gasteiger partial charge in [-0.05, 0) is 97.6 Å². The molecule has 0 radical (unpaired) electrons. The first kappa shape index (κ1) is 42.0. The average Bonchev–Trinajstić information content (AvgIpc) is 3.82. The Morgan fingerprint density at radius 3 is 2.53 bits per heavy atom. The minimum Gasteiger partial charge on any atom is -0.495 e. The Morgan fingerprint density at radius 1 is 1.12 bits per heavy atom. The van der Waals surface area contributed by atoms with Crippen LogP contribution in [0.4, 0.5) is 4.79 Å². The highest BCUT2D eigenvalue weighted by Gasteiger charge is 2.59. The minimum absolute atomic E-state index is 0.00745. The zero-order valence-corrected chi connectivity index (χ0v) is 35.3. The first-order valence-electron chi connectivity index (χ1n) is 20.2. The molecular formula is C41H54ClN5O10S. The van der Waals surface area contributed by atoms with Crippen molar-refractivity contribution < 1.29 is 46.9 Å². The zero-order chi connectivity index (χ0) is 41.8. The van der Waals surface area contributed by atoms with Crippen molar-refractivity contribution in [1.29, 1.82) is 0 Å². The standard InChI is InChI=1S/C41H54ClN5O10S/c1-38(2,3)57-37(52)44-27-12-10-8-6-7-9-11-24-15-18-41(24,36(51)46-58(53,54)39(4)19-20-39)45-34(49)29-21-40(23-47(29)35(27)50)17-16-25-31-26(13-14-30(55-5)32(31)42)43-28(22-48)33(25)56-40/h9,11,13-14,24,27,29,48H,6-8,10,12,15-23H2,1-5H3,(H,44,52)(H,45,49)(H,46,51). The number of nitrogens with zero attached hydrogens (tertiary/aromatic N) is 2. The zero-order valence-electron chi connectivity index (χ0n) is 33.7. The van der Waals surface area contributed by atoms with Crippen molar-refractivity contribution in [3.63, 3.8) is 0 Å². The van der Waals surface area contributed by atoms with E-state index in [0.717, 1.165) is 12.8 Å². The number of alkyl carbamates (subject to hydrolysis) is 1. The molecule has 316 valence electrons. The lowest BCUT2D eigenvalue weighted by Gasteiger charge is -2.48. The highest BCUT2D eigenvalue weighted by Crippen LogP contribution is 2.49. The molecule has 7 rings (SSSR count). The second-order valence-electron chi connectivity index (χ2n) is 17.7. The number of sulfonamides is 1. The summed E-state index contributed by atoms with van der Waals surface area (Å²) in [5.74, 6) is -1.74. The molecule has 4 N–H and O–H groups in total. The number of fused-ring (bicyclic) bond motifs is 5. The second-order valence-corrected chi connectivity index (χ2v) is 20.3. The number of hydrogen-bond acceptors (Lipinski definition) is 11. The quantitative estimate of drug-likeness (QED) is 0.293. The number of halogens is 1. The van der Waals surface area contributed by atoms with Crippen molar-refractivity contribution in [2.75, 3.05) is 13.7 Å². The number of benzene rings is 1. The number of methoxy groups -OCH3 is 1. The van der Waals surface area contributed by atoms with Gasteiger partial charge in [0.2, 0.25) is 21.8 Å². The van der Waals surface area contributed by atoms with Gasteiger partial charge in [0.25, 0.3) is 5.91 Å². The molecule has 1 aromatic heterocycles. The third-order valence-electron chi connectivity index (χ3n) is 12.5. The maximum atomic E-state index is 14.8. The minimum atomic E-state index is -4.04. The lowest BCUT2D eigenvalue weighted by Crippen LogP contribution is -2.70. The summed E-state index contributed by atoms with van der Waals surface area (Å²) in [6.45, 7) is 6.22. The van der Waals surface area contributed by atoms with Crippen LogP contribution in [0.3, 0.4) is 0 Å². The van der Waals surface area contributed by atoms with Gasteiger partial charge in [0, 0.05) is 23.3 Å². The van der Waals surface area contributed by atoms with Crippen molar-refractivity contribution in [1.82, 2.24) is 25.2 Å². The molecule has 15 nitrogen and oxygen atoms in total. The van der Waals surface area contributed by atoms with Gasteiger partial charge in [0.05, 0.1) is 35.5 Å². The molecule has 0 bridgehead atoms. The molecule has 3 fully saturated rings. The number of amides is 4. The van der Waals surface area contributed by atoms with Crippen molar-refractivity contribution in [3.8, 4) is 11.5 Å². The van der Waals surface area contributed by atoms with Crippen LogP contribution < -0.4 is 24.8 Å². The number of rotatable bonds is 6. The lowest BCUT2D eigenvalue weighted by atomic mass is 9.65. The van der Waals surface area contributed by atoms with E-state index >= 15 is 0 Å². The van der Waals surface area contributed by atoms with E-state index in [2.05, 4.69) is 20.3 Å². The van der Waals surface area contributed by atoms with Gasteiger partial charge in [-0.3, -0.25) is 19.1 Å². The van der Waals surface area contributed by atoms with Crippen molar-refractivity contribution in [2.45, 2.75) is 145 Å². The van der Waals surface area contributed by atoms with Gasteiger partial charge in [-0.15, -0.1) is 0 Å². The van der Waals surface area contributed by atoms with E-state index in [1.54, 1.807) is 39.8 Å². The predicted molar refractivity (Wildman–Crippen MR) is 215 cm³/mol. The Kier molecular flexibility index (Phi) is 11.2. The number of aliphatic hydroxyl groups is 1. The molecule has 2 saturated carbocycles. The van der Waals surface area contributed by atoms with Crippen LogP contribution in [0.15, 0.2) is 24.3 Å². The van der Waals surface area contributed by atoms with Crippen molar-refractivity contribution in [2.24, 2.45) is 5.92 Å². The molecule has 1 spiro atoms. The molecule has 5 atom stereocenters. The molecule has 2 aromatic rings. The van der Waals surface area contributed by atoms with Gasteiger partial charge < -0.3 is 34.9 Å². The largest absolute Gasteiger partial charge is 0.495 e. The average molecular weight is 844 g/mol. The summed E-state index contributed by atoms with van der Waals surface area (Å²) in [6.07, 6.45) is 8.40. The fourth-order valence-electron chi connectivity index (χ4n) is 8.72. The van der Waals surface area contributed by atoms with Crippen LogP contribution in [0, 0.1) is 5.92 Å². The van der Waals surface area contributed by atoms with E-state index < -0.39 is 79.9 Å². The highest BCUT2D eigenvalue weighted by atomic mass is 35.5. The molecule has 5 unspecified atom stereocenters. The molecule has 1 saturated heterocycles. The molecule has 58 heavy (non-hydrogen) atoms. The Bertz CT molecular complexity index is 2150. The van der Waals surface area contributed by atoms with Crippen molar-refractivity contribution >= 4 is 56.3 Å². The second kappa shape index (κ2) is 15.5. The van der Waals surface area contributed by atoms with Crippen LogP contribution >= 0.6 is 11.6 Å². The number of aromatic nitrogens is 1. The van der Waals surface area contributed by atoms with E-state index in [1.165, 1.54) is 12.0 Å². The normalized spacial score (nSPS) is 28.4. The third-order valence-corrected chi connectivity index (χ3v) is 15.0. The molecular weight excluding hydrogens is 790 g/mol. The summed E-state index contributed by atoms with van der Waals surface area (Å²) in [4.78, 5) is 63.1. The fourth-order valence-corrected chi connectivity index (χ4v) is 10.4. The molecule has 1 aromatic carbocycles. The number of carbonyl (C=O) groups excluding carboxylic acids is 4. The first-order valence-corrected chi connectivity index (χ1v) is 22.0. The molecule has 4 heterocycles. The number of ether oxygens (including phenoxy) is 3. The van der Waals surface area contributed by atoms with Crippen LogP contribution in [-0.4, -0.2) is 94.4 Å². The summed E-state index contributed by atoms with van der Waals surface area (Å²) in [7, 11) is -2.53. The van der Waals surface area contributed by atoms with Gasteiger partial charge in [-0.2, -0.15) is 0 Å².